The van der Waals surface area contributed by atoms with Crippen LogP contribution in [0, 0.1) is 46.2 Å². The standard InChI is InChI=1S/C67H96I3N3O17/c1-37-21-15-14-16-22-38(2)49(76)35-47-26-24-43(7)67(84,90-47)63(80)64(81)73-28-18-17-23-48(73)65(82)89-52(36-50(77)39(3)32-42(6)61(79)62(86-11)60(78)41(5)31-37)40(4)33-46-25-27-51(53(34-46)85-10)87-29-19-12-13-20-30-88-66(83)54-55(68)58(71-44(8)74)57(70)59(56(54)69)72-45(9)75/h14-16,21-22,32,37,39-41,43,46-49,51-53,61-62,76,79,84H,12-13,17-20,23-31,33-36H2,1-11H3,(H,71,74)(H,72,75)/b16-14+,21-15+,38-22+,42-32+/t37-,39-,40-,41-,43-,46+,47+,48+,49+,51-,52+,53-,61-,62+,67?/m1/s1. The zero-order valence-corrected chi connectivity index (χ0v) is 60.6. The van der Waals surface area contributed by atoms with Crippen LogP contribution in [0.5, 0.6) is 0 Å². The molecule has 5 rings (SSSR count). The van der Waals surface area contributed by atoms with Gasteiger partial charge in [0.1, 0.15) is 30.1 Å². The number of aliphatic hydroxyl groups excluding tert-OH is 2. The van der Waals surface area contributed by atoms with Crippen molar-refractivity contribution in [1.82, 2.24) is 4.90 Å². The number of hydrogen-bond acceptors (Lipinski definition) is 17. The van der Waals surface area contributed by atoms with Gasteiger partial charge in [-0.2, -0.15) is 0 Å². The van der Waals surface area contributed by atoms with E-state index in [1.165, 1.54) is 21.0 Å². The number of piperidine rings is 1. The van der Waals surface area contributed by atoms with Gasteiger partial charge < -0.3 is 59.3 Å². The molecule has 0 radical (unpaired) electrons. The third kappa shape index (κ3) is 21.5. The van der Waals surface area contributed by atoms with E-state index in [9.17, 15) is 53.7 Å². The lowest BCUT2D eigenvalue weighted by molar-refractivity contribution is -0.265. The number of carbonyl (C=O) groups is 8. The van der Waals surface area contributed by atoms with Gasteiger partial charge in [0.15, 0.2) is 5.78 Å². The maximum Gasteiger partial charge on any atom is 0.340 e. The van der Waals surface area contributed by atoms with Crippen molar-refractivity contribution in [3.05, 3.63) is 63.9 Å². The van der Waals surface area contributed by atoms with E-state index in [2.05, 4.69) is 10.6 Å². The fourth-order valence-corrected chi connectivity index (χ4v) is 16.6. The number of unbranched alkanes of at least 4 members (excludes halogenated alkanes) is 3. The number of anilines is 2. The summed E-state index contributed by atoms with van der Waals surface area (Å²) in [6.07, 6.45) is 12.9. The summed E-state index contributed by atoms with van der Waals surface area (Å²) in [6, 6.07) is -1.20. The number of fused-ring (bicyclic) bond motifs is 3. The first-order valence-electron chi connectivity index (χ1n) is 31.7. The largest absolute Gasteiger partial charge is 0.462 e. The van der Waals surface area contributed by atoms with E-state index in [-0.39, 0.29) is 85.4 Å². The van der Waals surface area contributed by atoms with E-state index >= 15 is 0 Å². The number of methoxy groups -OCH3 is 2. The monoisotopic (exact) mass is 1600 g/mol. The number of nitrogens with one attached hydrogen (secondary N) is 2. The summed E-state index contributed by atoms with van der Waals surface area (Å²) in [5.41, 5.74) is 2.07. The molecule has 20 nitrogen and oxygen atoms in total. The highest BCUT2D eigenvalue weighted by Gasteiger charge is 2.53. The van der Waals surface area contributed by atoms with E-state index < -0.39 is 89.6 Å². The predicted molar refractivity (Wildman–Crippen MR) is 366 cm³/mol. The second-order valence-electron chi connectivity index (χ2n) is 25.2. The van der Waals surface area contributed by atoms with Crippen LogP contribution >= 0.6 is 67.8 Å². The van der Waals surface area contributed by atoms with Gasteiger partial charge in [-0.1, -0.05) is 77.5 Å². The van der Waals surface area contributed by atoms with Crippen LogP contribution in [-0.4, -0.2) is 156 Å². The molecule has 2 bridgehead atoms. The molecule has 23 heteroatoms. The number of Topliss-reactive ketones (excluding diaryl/α,β-unsaturated/α-hetero) is 3. The van der Waals surface area contributed by atoms with E-state index in [0.29, 0.717) is 97.6 Å². The van der Waals surface area contributed by atoms with Crippen molar-refractivity contribution >= 4 is 126 Å². The van der Waals surface area contributed by atoms with Crippen LogP contribution in [0.4, 0.5) is 11.4 Å². The van der Waals surface area contributed by atoms with Crippen LogP contribution in [0.3, 0.4) is 0 Å². The van der Waals surface area contributed by atoms with E-state index in [0.717, 1.165) is 30.6 Å². The molecule has 0 spiro atoms. The molecule has 90 heavy (non-hydrogen) atoms. The first-order chi connectivity index (χ1) is 42.5. The minimum atomic E-state index is -2.52. The molecule has 5 N–H and O–H groups in total. The Morgan fingerprint density at radius 2 is 1.43 bits per heavy atom. The molecule has 3 amide bonds. The highest BCUT2D eigenvalue weighted by molar-refractivity contribution is 14.1. The molecule has 3 aliphatic heterocycles. The Morgan fingerprint density at radius 1 is 0.778 bits per heavy atom. The van der Waals surface area contributed by atoms with Gasteiger partial charge in [-0.3, -0.25) is 28.8 Å². The van der Waals surface area contributed by atoms with Crippen LogP contribution in [0.25, 0.3) is 0 Å². The van der Waals surface area contributed by atoms with Gasteiger partial charge in [0, 0.05) is 71.8 Å². The predicted octanol–water partition coefficient (Wildman–Crippen LogP) is 10.7. The number of halogens is 3. The zero-order valence-electron chi connectivity index (χ0n) is 54.1. The number of ketones is 3. The number of benzene rings is 1. The first-order valence-corrected chi connectivity index (χ1v) is 35.0. The van der Waals surface area contributed by atoms with Gasteiger partial charge in [-0.15, -0.1) is 0 Å². The van der Waals surface area contributed by atoms with Crippen molar-refractivity contribution in [2.24, 2.45) is 35.5 Å². The highest BCUT2D eigenvalue weighted by Crippen LogP contribution is 2.41. The van der Waals surface area contributed by atoms with Crippen molar-refractivity contribution < 1.29 is 82.1 Å². The van der Waals surface area contributed by atoms with Crippen molar-refractivity contribution in [1.29, 1.82) is 0 Å². The topological polar surface area (TPSA) is 280 Å². The van der Waals surface area contributed by atoms with Crippen LogP contribution in [0.1, 0.15) is 175 Å². The number of rotatable bonds is 16. The Kier molecular flexibility index (Phi) is 31.7. The zero-order chi connectivity index (χ0) is 66.7. The van der Waals surface area contributed by atoms with Gasteiger partial charge in [-0.05, 0) is 194 Å². The summed E-state index contributed by atoms with van der Waals surface area (Å²) in [5, 5.41) is 40.4. The number of carbonyl (C=O) groups excluding carboxylic acids is 8. The second-order valence-corrected chi connectivity index (χ2v) is 28.4. The summed E-state index contributed by atoms with van der Waals surface area (Å²) >= 11 is 6.05. The smallest absolute Gasteiger partial charge is 0.340 e. The van der Waals surface area contributed by atoms with Gasteiger partial charge in [-0.25, -0.2) is 9.59 Å². The number of allylic oxidation sites excluding steroid dienone is 6. The number of nitrogens with zero attached hydrogens (tertiary/aromatic N) is 1. The third-order valence-electron chi connectivity index (χ3n) is 17.9. The quantitative estimate of drug-likeness (QED) is 0.0338. The van der Waals surface area contributed by atoms with Gasteiger partial charge in [0.25, 0.3) is 11.7 Å². The maximum atomic E-state index is 14.7. The normalized spacial score (nSPS) is 32.3. The average molecular weight is 1600 g/mol. The Hall–Kier alpha value is -3.55. The van der Waals surface area contributed by atoms with E-state index in [1.54, 1.807) is 66.0 Å². The summed E-state index contributed by atoms with van der Waals surface area (Å²) in [4.78, 5) is 110. The Bertz CT molecular complexity index is 2780. The molecular weight excluding hydrogens is 1500 g/mol. The molecule has 502 valence electrons. The van der Waals surface area contributed by atoms with Crippen molar-refractivity contribution in [3.63, 3.8) is 0 Å². The first kappa shape index (κ1) is 77.2. The van der Waals surface area contributed by atoms with E-state index in [1.807, 2.05) is 93.8 Å². The van der Waals surface area contributed by atoms with Gasteiger partial charge in [0.05, 0.1) is 58.7 Å². The molecule has 3 fully saturated rings. The lowest BCUT2D eigenvalue weighted by atomic mass is 9.78. The van der Waals surface area contributed by atoms with Gasteiger partial charge in [0.2, 0.25) is 17.6 Å². The summed E-state index contributed by atoms with van der Waals surface area (Å²) in [6.45, 7) is 15.8. The van der Waals surface area contributed by atoms with Crippen molar-refractivity contribution in [2.45, 2.75) is 220 Å². The van der Waals surface area contributed by atoms with E-state index in [4.69, 9.17) is 28.4 Å². The summed E-state index contributed by atoms with van der Waals surface area (Å²) < 4.78 is 37.8. The molecule has 0 aromatic heterocycles. The summed E-state index contributed by atoms with van der Waals surface area (Å²) in [7, 11) is 3.02. The summed E-state index contributed by atoms with van der Waals surface area (Å²) in [5.74, 6) is -9.76. The number of ether oxygens (including phenoxy) is 6. The lowest BCUT2D eigenvalue weighted by Crippen LogP contribution is -2.61. The highest BCUT2D eigenvalue weighted by atomic mass is 127. The molecule has 1 aromatic rings. The SMILES string of the molecule is CO[C@@H]1C[C@H](C[C@@H](C)[C@@H]2CC(=O)[C@H](C)/C=C(\C)[C@@H](O)[C@@H](OC)C(=O)[C@H](C)C[C@H](C)/C=C/C=C/C=C(\C)[C@@H](O)C[C@@H]3CC[C@@H](C)C(O)(O3)C(=O)C(=O)N3CCCC[C@H]3C(=O)O2)CC[C@H]1OCCCCCCOC(=O)c1c(I)c(NC(C)=O)c(I)c(NC(C)=O)c1I. The van der Waals surface area contributed by atoms with Crippen LogP contribution in [0.15, 0.2) is 47.6 Å². The maximum absolute atomic E-state index is 14.7. The number of amides is 3. The van der Waals surface area contributed by atoms with Crippen LogP contribution < -0.4 is 10.6 Å². The molecule has 3 heterocycles. The van der Waals surface area contributed by atoms with Crippen LogP contribution in [0.2, 0.25) is 0 Å². The Labute approximate surface area is 572 Å². The third-order valence-corrected chi connectivity index (χ3v) is 21.2. The molecule has 1 aromatic carbocycles. The Morgan fingerprint density at radius 3 is 2.07 bits per heavy atom. The van der Waals surface area contributed by atoms with Crippen molar-refractivity contribution in [3.8, 4) is 0 Å². The fourth-order valence-electron chi connectivity index (χ4n) is 12.5. The van der Waals surface area contributed by atoms with Crippen LogP contribution in [-0.2, 0) is 62.0 Å². The number of aliphatic hydroxyl groups is 3. The molecule has 1 saturated carbocycles. The molecule has 1 aliphatic carbocycles. The fraction of sp³-hybridized carbons (Fsp3) is 0.672. The number of hydrogen-bond donors (Lipinski definition) is 5. The lowest BCUT2D eigenvalue weighted by Gasteiger charge is -2.42. The number of esters is 2. The Balaban J connectivity index is 1.28. The minimum Gasteiger partial charge on any atom is -0.462 e. The van der Waals surface area contributed by atoms with Crippen molar-refractivity contribution in [2.75, 3.05) is 44.6 Å². The second kappa shape index (κ2) is 36.9. The average Bonchev–Trinajstić information content (AvgIpc) is 0.795. The number of cyclic esters (lactones) is 1. The molecule has 1 unspecified atom stereocenters. The molecule has 15 atom stereocenters. The molecule has 2 saturated heterocycles. The molecular formula is C67H96I3N3O17. The molecule has 4 aliphatic rings. The van der Waals surface area contributed by atoms with Gasteiger partial charge >= 0.3 is 11.9 Å². The minimum absolute atomic E-state index is 0.0304.